The van der Waals surface area contributed by atoms with Crippen LogP contribution in [0.1, 0.15) is 16.6 Å². The summed E-state index contributed by atoms with van der Waals surface area (Å²) in [7, 11) is 0. The zero-order chi connectivity index (χ0) is 19.6. The Morgan fingerprint density at radius 2 is 1.93 bits per heavy atom. The molecule has 1 heterocycles. The van der Waals surface area contributed by atoms with Crippen molar-refractivity contribution in [1.82, 2.24) is 14.8 Å². The summed E-state index contributed by atoms with van der Waals surface area (Å²) in [5.74, 6) is 0.212. The van der Waals surface area contributed by atoms with Crippen LogP contribution in [0.5, 0.6) is 0 Å². The number of nitro groups is 1. The van der Waals surface area contributed by atoms with Crippen LogP contribution in [0.4, 0.5) is 4.39 Å². The summed E-state index contributed by atoms with van der Waals surface area (Å²) >= 11 is 13.3. The normalized spacial score (nSPS) is 12.1. The van der Waals surface area contributed by atoms with Crippen molar-refractivity contribution in [3.8, 4) is 5.69 Å². The SMILES string of the molecule is Cc1nnc(S[C@@H](C[N+](=O)[O-])c2ccc(Cl)cc2Cl)n1-c1ccc(F)cc1. The van der Waals surface area contributed by atoms with Crippen molar-refractivity contribution >= 4 is 35.0 Å². The number of nitrogens with zero attached hydrogens (tertiary/aromatic N) is 4. The highest BCUT2D eigenvalue weighted by Gasteiger charge is 2.25. The molecule has 0 radical (unpaired) electrons. The quantitative estimate of drug-likeness (QED) is 0.310. The third-order valence-corrected chi connectivity index (χ3v) is 5.48. The molecule has 10 heteroatoms. The fourth-order valence-electron chi connectivity index (χ4n) is 2.53. The Kier molecular flexibility index (Phi) is 5.98. The molecule has 0 aliphatic rings. The maximum atomic E-state index is 13.2. The zero-order valence-corrected chi connectivity index (χ0v) is 16.3. The molecule has 3 aromatic rings. The van der Waals surface area contributed by atoms with Crippen molar-refractivity contribution in [3.63, 3.8) is 0 Å². The summed E-state index contributed by atoms with van der Waals surface area (Å²) in [6.07, 6.45) is 0. The first-order valence-corrected chi connectivity index (χ1v) is 9.40. The highest BCUT2D eigenvalue weighted by Crippen LogP contribution is 2.39. The van der Waals surface area contributed by atoms with E-state index < -0.39 is 10.2 Å². The topological polar surface area (TPSA) is 73.8 Å². The van der Waals surface area contributed by atoms with E-state index in [0.717, 1.165) is 11.8 Å². The van der Waals surface area contributed by atoms with Crippen LogP contribution in [0.25, 0.3) is 5.69 Å². The molecule has 1 aromatic heterocycles. The minimum atomic E-state index is -0.604. The number of aryl methyl sites for hydroxylation is 1. The first kappa shape index (κ1) is 19.6. The van der Waals surface area contributed by atoms with Crippen LogP contribution in [-0.2, 0) is 0 Å². The number of hydrogen-bond acceptors (Lipinski definition) is 5. The molecule has 0 aliphatic carbocycles. The maximum absolute atomic E-state index is 13.2. The predicted octanol–water partition coefficient (Wildman–Crippen LogP) is 5.13. The molecule has 140 valence electrons. The van der Waals surface area contributed by atoms with Gasteiger partial charge in [-0.05, 0) is 48.9 Å². The van der Waals surface area contributed by atoms with Gasteiger partial charge in [-0.1, -0.05) is 41.0 Å². The average Bonchev–Trinajstić information content (AvgIpc) is 2.95. The van der Waals surface area contributed by atoms with Gasteiger partial charge in [-0.25, -0.2) is 4.39 Å². The molecule has 3 rings (SSSR count). The van der Waals surface area contributed by atoms with Crippen molar-refractivity contribution in [2.24, 2.45) is 0 Å². The van der Waals surface area contributed by atoms with Crippen LogP contribution in [0.15, 0.2) is 47.6 Å². The molecule has 2 aromatic carbocycles. The summed E-state index contributed by atoms with van der Waals surface area (Å²) in [4.78, 5) is 10.8. The zero-order valence-electron chi connectivity index (χ0n) is 14.0. The third-order valence-electron chi connectivity index (χ3n) is 3.75. The lowest BCUT2D eigenvalue weighted by molar-refractivity contribution is -0.479. The summed E-state index contributed by atoms with van der Waals surface area (Å²) in [5, 5.41) is 20.0. The van der Waals surface area contributed by atoms with Crippen LogP contribution in [0.2, 0.25) is 10.0 Å². The van der Waals surface area contributed by atoms with Crippen LogP contribution in [0, 0.1) is 22.9 Å². The molecule has 0 saturated heterocycles. The lowest BCUT2D eigenvalue weighted by Crippen LogP contribution is -2.11. The summed E-state index contributed by atoms with van der Waals surface area (Å²) in [6.45, 7) is 1.39. The first-order chi connectivity index (χ1) is 12.8. The minimum Gasteiger partial charge on any atom is -0.274 e. The second kappa shape index (κ2) is 8.24. The standard InChI is InChI=1S/C17H13Cl2FN4O2S/c1-10-21-22-17(24(10)13-5-3-12(20)4-6-13)27-16(9-23(25)26)14-7-2-11(18)8-15(14)19/h2-8,16H,9H2,1H3/t16-/m0/s1. The van der Waals surface area contributed by atoms with E-state index in [2.05, 4.69) is 10.2 Å². The fourth-order valence-corrected chi connectivity index (χ4v) is 4.35. The van der Waals surface area contributed by atoms with Gasteiger partial charge in [0.25, 0.3) is 0 Å². The van der Waals surface area contributed by atoms with E-state index >= 15 is 0 Å². The van der Waals surface area contributed by atoms with Crippen molar-refractivity contribution in [3.05, 3.63) is 79.8 Å². The monoisotopic (exact) mass is 426 g/mol. The second-order valence-electron chi connectivity index (χ2n) is 5.63. The number of hydrogen-bond donors (Lipinski definition) is 0. The van der Waals surface area contributed by atoms with Gasteiger partial charge in [0.2, 0.25) is 6.54 Å². The third kappa shape index (κ3) is 4.58. The number of rotatable bonds is 6. The van der Waals surface area contributed by atoms with Gasteiger partial charge in [0.05, 0.1) is 0 Å². The van der Waals surface area contributed by atoms with Gasteiger partial charge in [-0.15, -0.1) is 10.2 Å². The van der Waals surface area contributed by atoms with Gasteiger partial charge < -0.3 is 0 Å². The van der Waals surface area contributed by atoms with Crippen molar-refractivity contribution in [2.45, 2.75) is 17.3 Å². The van der Waals surface area contributed by atoms with Gasteiger partial charge in [0, 0.05) is 20.7 Å². The van der Waals surface area contributed by atoms with Gasteiger partial charge >= 0.3 is 0 Å². The number of benzene rings is 2. The number of halogens is 3. The van der Waals surface area contributed by atoms with Crippen LogP contribution < -0.4 is 0 Å². The Balaban J connectivity index is 2.00. The lowest BCUT2D eigenvalue weighted by Gasteiger charge is -2.15. The molecule has 6 nitrogen and oxygen atoms in total. The molecule has 0 spiro atoms. The van der Waals surface area contributed by atoms with E-state index in [-0.39, 0.29) is 12.4 Å². The number of thioether (sulfide) groups is 1. The molecule has 0 aliphatic heterocycles. The molecule has 27 heavy (non-hydrogen) atoms. The smallest absolute Gasteiger partial charge is 0.220 e. The molecule has 0 bridgehead atoms. The minimum absolute atomic E-state index is 0.339. The Morgan fingerprint density at radius 3 is 2.56 bits per heavy atom. The first-order valence-electron chi connectivity index (χ1n) is 7.76. The Bertz CT molecular complexity index is 982. The van der Waals surface area contributed by atoms with E-state index in [9.17, 15) is 14.5 Å². The fraction of sp³-hybridized carbons (Fsp3) is 0.176. The van der Waals surface area contributed by atoms with Crippen molar-refractivity contribution in [1.29, 1.82) is 0 Å². The summed E-state index contributed by atoms with van der Waals surface area (Å²) in [5.41, 5.74) is 1.23. The lowest BCUT2D eigenvalue weighted by atomic mass is 10.1. The van der Waals surface area contributed by atoms with Crippen molar-refractivity contribution < 1.29 is 9.31 Å². The molecular formula is C17H13Cl2FN4O2S. The van der Waals surface area contributed by atoms with Gasteiger partial charge in [0.15, 0.2) is 5.16 Å². The van der Waals surface area contributed by atoms with E-state index in [4.69, 9.17) is 23.2 Å². The van der Waals surface area contributed by atoms with Crippen LogP contribution in [-0.4, -0.2) is 26.2 Å². The van der Waals surface area contributed by atoms with Gasteiger partial charge in [-0.3, -0.25) is 14.7 Å². The van der Waals surface area contributed by atoms with E-state index in [0.29, 0.717) is 32.3 Å². The predicted molar refractivity (Wildman–Crippen MR) is 103 cm³/mol. The molecule has 0 N–H and O–H groups in total. The molecule has 1 atom stereocenters. The van der Waals surface area contributed by atoms with Crippen LogP contribution in [0.3, 0.4) is 0 Å². The molecule has 0 unspecified atom stereocenters. The van der Waals surface area contributed by atoms with E-state index in [1.807, 2.05) is 0 Å². The van der Waals surface area contributed by atoms with E-state index in [1.165, 1.54) is 12.1 Å². The molecule has 0 saturated carbocycles. The number of aromatic nitrogens is 3. The van der Waals surface area contributed by atoms with Gasteiger partial charge in [-0.2, -0.15) is 0 Å². The summed E-state index contributed by atoms with van der Waals surface area (Å²) in [6, 6.07) is 10.7. The average molecular weight is 427 g/mol. The highest BCUT2D eigenvalue weighted by molar-refractivity contribution is 7.99. The maximum Gasteiger partial charge on any atom is 0.220 e. The molecular weight excluding hydrogens is 414 g/mol. The highest BCUT2D eigenvalue weighted by atomic mass is 35.5. The Morgan fingerprint density at radius 1 is 1.22 bits per heavy atom. The Labute approximate surface area is 168 Å². The largest absolute Gasteiger partial charge is 0.274 e. The van der Waals surface area contributed by atoms with Crippen LogP contribution >= 0.6 is 35.0 Å². The van der Waals surface area contributed by atoms with E-state index in [1.54, 1.807) is 41.8 Å². The second-order valence-corrected chi connectivity index (χ2v) is 7.64. The van der Waals surface area contributed by atoms with Crippen molar-refractivity contribution in [2.75, 3.05) is 6.54 Å². The van der Waals surface area contributed by atoms with Gasteiger partial charge in [0.1, 0.15) is 16.9 Å². The molecule has 0 amide bonds. The summed E-state index contributed by atoms with van der Waals surface area (Å²) < 4.78 is 14.9. The molecule has 0 fully saturated rings. The Hall–Kier alpha value is -2.16.